The van der Waals surface area contributed by atoms with Gasteiger partial charge in [0.05, 0.1) is 23.0 Å². The van der Waals surface area contributed by atoms with E-state index < -0.39 is 41.5 Å². The highest BCUT2D eigenvalue weighted by Gasteiger charge is 2.43. The SMILES string of the molecule is Nc1ccc(Oc2ccc(N)cc2)cc1.Nc1cccc(N)c1.O=C(C1=CC2C(=O)OC(=O)C2C=C1)c1ccc2c(c1)C(=O)OC2=O. The summed E-state index contributed by atoms with van der Waals surface area (Å²) in [7, 11) is 0. The Balaban J connectivity index is 0.000000160. The molecule has 2 atom stereocenters. The molecule has 0 saturated carbocycles. The van der Waals surface area contributed by atoms with E-state index in [-0.39, 0.29) is 22.3 Å². The molecule has 0 aromatic heterocycles. The first kappa shape index (κ1) is 31.7. The number of cyclic esters (lactones) is 4. The van der Waals surface area contributed by atoms with Crippen molar-refractivity contribution in [1.82, 2.24) is 0 Å². The topological polar surface area (TPSA) is 217 Å². The van der Waals surface area contributed by atoms with Crippen LogP contribution in [0.3, 0.4) is 0 Å². The van der Waals surface area contributed by atoms with Crippen molar-refractivity contribution in [2.75, 3.05) is 22.9 Å². The standard InChI is InChI=1S/C17H8O7.C12H12N2O.C6H8N2/c18-13(7-1-3-9-11(5-7)16(21)23-14(9)19)8-2-4-10-12(6-8)17(22)24-15(10)20;13-9-1-5-11(6-2-9)15-12-7-3-10(14)4-8-12;7-5-2-1-3-6(8)4-5/h1-6,9,11H;1-8H,13-14H2;1-4H,7-8H2. The lowest BCUT2D eigenvalue weighted by molar-refractivity contribution is -0.153. The van der Waals surface area contributed by atoms with Crippen molar-refractivity contribution >= 4 is 52.4 Å². The number of rotatable bonds is 4. The van der Waals surface area contributed by atoms with Crippen molar-refractivity contribution in [3.63, 3.8) is 0 Å². The van der Waals surface area contributed by atoms with Gasteiger partial charge in [-0.15, -0.1) is 0 Å². The first-order chi connectivity index (χ1) is 22.5. The Morgan fingerprint density at radius 3 is 1.70 bits per heavy atom. The molecule has 12 heteroatoms. The third-order valence-corrected chi connectivity index (χ3v) is 7.05. The van der Waals surface area contributed by atoms with Gasteiger partial charge in [-0.05, 0) is 78.9 Å². The lowest BCUT2D eigenvalue weighted by Gasteiger charge is -2.13. The van der Waals surface area contributed by atoms with Crippen molar-refractivity contribution in [3.8, 4) is 11.5 Å². The molecule has 47 heavy (non-hydrogen) atoms. The maximum Gasteiger partial charge on any atom is 0.346 e. The Morgan fingerprint density at radius 2 is 1.15 bits per heavy atom. The van der Waals surface area contributed by atoms with Gasteiger partial charge < -0.3 is 37.1 Å². The van der Waals surface area contributed by atoms with E-state index in [0.717, 1.165) is 22.9 Å². The second-order valence-electron chi connectivity index (χ2n) is 10.4. The van der Waals surface area contributed by atoms with Crippen molar-refractivity contribution in [3.05, 3.63) is 131 Å². The number of ether oxygens (including phenoxy) is 3. The minimum absolute atomic E-state index is 0.0274. The first-order valence-corrected chi connectivity index (χ1v) is 14.1. The minimum atomic E-state index is -0.817. The number of hydrogen-bond donors (Lipinski definition) is 4. The molecule has 8 N–H and O–H groups in total. The quantitative estimate of drug-likeness (QED) is 0.106. The summed E-state index contributed by atoms with van der Waals surface area (Å²) < 4.78 is 14.6. The molecular weight excluding hydrogens is 604 g/mol. The van der Waals surface area contributed by atoms with Crippen LogP contribution in [0.5, 0.6) is 11.5 Å². The van der Waals surface area contributed by atoms with Crippen LogP contribution in [0, 0.1) is 11.8 Å². The number of hydrogen-bond acceptors (Lipinski definition) is 12. The van der Waals surface area contributed by atoms with E-state index >= 15 is 0 Å². The Kier molecular flexibility index (Phi) is 9.13. The van der Waals surface area contributed by atoms with Gasteiger partial charge in [-0.3, -0.25) is 14.4 Å². The molecule has 1 aliphatic carbocycles. The molecule has 4 aromatic carbocycles. The summed E-state index contributed by atoms with van der Waals surface area (Å²) in [6, 6.07) is 25.7. The molecule has 2 aliphatic heterocycles. The predicted molar refractivity (Wildman–Crippen MR) is 173 cm³/mol. The second kappa shape index (κ2) is 13.5. The lowest BCUT2D eigenvalue weighted by Crippen LogP contribution is -2.19. The number of fused-ring (bicyclic) bond motifs is 2. The summed E-state index contributed by atoms with van der Waals surface area (Å²) in [5.41, 5.74) is 25.3. The number of anilines is 4. The Hall–Kier alpha value is -6.69. The summed E-state index contributed by atoms with van der Waals surface area (Å²) >= 11 is 0. The fraction of sp³-hybridized carbons (Fsp3) is 0.0571. The fourth-order valence-corrected chi connectivity index (χ4v) is 4.67. The van der Waals surface area contributed by atoms with Crippen LogP contribution in [0.4, 0.5) is 22.7 Å². The highest BCUT2D eigenvalue weighted by atomic mass is 16.6. The number of Topliss-reactive ketones (excluding diaryl/α,β-unsaturated/α-hetero) is 1. The van der Waals surface area contributed by atoms with Crippen molar-refractivity contribution in [2.45, 2.75) is 0 Å². The number of benzene rings is 4. The van der Waals surface area contributed by atoms with Crippen LogP contribution >= 0.6 is 0 Å². The van der Waals surface area contributed by atoms with Gasteiger partial charge in [0.2, 0.25) is 0 Å². The Labute approximate surface area is 268 Å². The number of nitrogens with two attached hydrogens (primary N) is 4. The molecular formula is C35H28N4O8. The average molecular weight is 633 g/mol. The van der Waals surface area contributed by atoms with E-state index in [0.29, 0.717) is 11.4 Å². The van der Waals surface area contributed by atoms with Crippen LogP contribution in [0.1, 0.15) is 31.1 Å². The van der Waals surface area contributed by atoms with Gasteiger partial charge in [0, 0.05) is 33.9 Å². The molecule has 7 rings (SSSR count). The molecule has 3 aliphatic rings. The molecule has 2 unspecified atom stereocenters. The number of esters is 4. The number of carbonyl (C=O) groups is 5. The van der Waals surface area contributed by atoms with Crippen molar-refractivity contribution in [2.24, 2.45) is 11.8 Å². The molecule has 0 spiro atoms. The normalized spacial score (nSPS) is 17.1. The highest BCUT2D eigenvalue weighted by Crippen LogP contribution is 2.32. The third-order valence-electron chi connectivity index (χ3n) is 7.05. The summed E-state index contributed by atoms with van der Waals surface area (Å²) in [6.45, 7) is 0. The number of carbonyl (C=O) groups excluding carboxylic acids is 5. The van der Waals surface area contributed by atoms with Crippen LogP contribution < -0.4 is 27.7 Å². The molecule has 1 fully saturated rings. The van der Waals surface area contributed by atoms with E-state index in [9.17, 15) is 24.0 Å². The predicted octanol–water partition coefficient (Wildman–Crippen LogP) is 4.49. The van der Waals surface area contributed by atoms with Gasteiger partial charge >= 0.3 is 23.9 Å². The van der Waals surface area contributed by atoms with Crippen LogP contribution in [0.15, 0.2) is 115 Å². The van der Waals surface area contributed by atoms with Crippen LogP contribution in [0.25, 0.3) is 0 Å². The van der Waals surface area contributed by atoms with Gasteiger partial charge in [0.15, 0.2) is 5.78 Å². The van der Waals surface area contributed by atoms with E-state index in [1.165, 1.54) is 36.4 Å². The summed E-state index contributed by atoms with van der Waals surface area (Å²) in [5, 5.41) is 0. The van der Waals surface area contributed by atoms with Crippen LogP contribution in [-0.4, -0.2) is 29.7 Å². The van der Waals surface area contributed by atoms with Crippen molar-refractivity contribution < 1.29 is 38.2 Å². The molecule has 2 heterocycles. The molecule has 1 saturated heterocycles. The van der Waals surface area contributed by atoms with Gasteiger partial charge in [0.1, 0.15) is 11.5 Å². The molecule has 0 bridgehead atoms. The van der Waals surface area contributed by atoms with Gasteiger partial charge in [-0.2, -0.15) is 0 Å². The van der Waals surface area contributed by atoms with Gasteiger partial charge in [0.25, 0.3) is 0 Å². The van der Waals surface area contributed by atoms with E-state index in [4.69, 9.17) is 27.7 Å². The number of nitrogen functional groups attached to an aromatic ring is 4. The number of allylic oxidation sites excluding steroid dienone is 2. The summed E-state index contributed by atoms with van der Waals surface area (Å²) in [4.78, 5) is 58.7. The van der Waals surface area contributed by atoms with Gasteiger partial charge in [-0.25, -0.2) is 9.59 Å². The van der Waals surface area contributed by atoms with E-state index in [2.05, 4.69) is 9.47 Å². The first-order valence-electron chi connectivity index (χ1n) is 14.1. The third kappa shape index (κ3) is 7.52. The van der Waals surface area contributed by atoms with Crippen LogP contribution in [0.2, 0.25) is 0 Å². The molecule has 4 aromatic rings. The molecule has 236 valence electrons. The zero-order valence-electron chi connectivity index (χ0n) is 24.6. The highest BCUT2D eigenvalue weighted by molar-refractivity contribution is 6.18. The lowest BCUT2D eigenvalue weighted by atomic mass is 9.85. The zero-order chi connectivity index (χ0) is 33.7. The minimum Gasteiger partial charge on any atom is -0.457 e. The zero-order valence-corrected chi connectivity index (χ0v) is 24.6. The average Bonchev–Trinajstić information content (AvgIpc) is 3.51. The molecule has 0 radical (unpaired) electrons. The smallest absolute Gasteiger partial charge is 0.346 e. The maximum absolute atomic E-state index is 12.6. The number of ketones is 1. The maximum atomic E-state index is 12.6. The monoisotopic (exact) mass is 632 g/mol. The Morgan fingerprint density at radius 1 is 0.596 bits per heavy atom. The second-order valence-corrected chi connectivity index (χ2v) is 10.4. The summed E-state index contributed by atoms with van der Waals surface area (Å²) in [6.07, 6.45) is 4.29. The van der Waals surface area contributed by atoms with Crippen molar-refractivity contribution in [1.29, 1.82) is 0 Å². The molecule has 0 amide bonds. The van der Waals surface area contributed by atoms with E-state index in [1.54, 1.807) is 42.5 Å². The van der Waals surface area contributed by atoms with Gasteiger partial charge in [-0.1, -0.05) is 30.4 Å². The summed E-state index contributed by atoms with van der Waals surface area (Å²) in [5.74, 6) is -3.33. The fourth-order valence-electron chi connectivity index (χ4n) is 4.67. The van der Waals surface area contributed by atoms with Crippen LogP contribution in [-0.2, 0) is 19.1 Å². The molecule has 12 nitrogen and oxygen atoms in total. The Bertz CT molecular complexity index is 1890. The largest absolute Gasteiger partial charge is 0.457 e. The van der Waals surface area contributed by atoms with E-state index in [1.807, 2.05) is 30.3 Å².